The van der Waals surface area contributed by atoms with Gasteiger partial charge in [-0.15, -0.1) is 0 Å². The molecule has 0 saturated heterocycles. The van der Waals surface area contributed by atoms with Crippen LogP contribution in [-0.4, -0.2) is 23.4 Å². The van der Waals surface area contributed by atoms with E-state index in [2.05, 4.69) is 5.32 Å². The highest BCUT2D eigenvalue weighted by molar-refractivity contribution is 5.98. The molecule has 1 atom stereocenters. The number of nitro benzene ring substituents is 1. The van der Waals surface area contributed by atoms with Gasteiger partial charge in [-0.25, -0.2) is 0 Å². The standard InChI is InChI=1S/C18H19N3O3/c1-12-7-8-15(21(23)24)10-16(12)19-11-18(22)20-13(2)9-14-5-3-4-6-17(14)20/h3-8,10,13,19H,9,11H2,1-2H3/t13-/m0/s1. The first-order valence-electron chi connectivity index (χ1n) is 7.86. The van der Waals surface area contributed by atoms with Crippen LogP contribution in [0.25, 0.3) is 0 Å². The Morgan fingerprint density at radius 2 is 2.08 bits per heavy atom. The molecule has 0 fully saturated rings. The maximum atomic E-state index is 12.7. The van der Waals surface area contributed by atoms with E-state index >= 15 is 0 Å². The summed E-state index contributed by atoms with van der Waals surface area (Å²) in [5.41, 5.74) is 3.61. The number of hydrogen-bond donors (Lipinski definition) is 1. The summed E-state index contributed by atoms with van der Waals surface area (Å²) in [5.74, 6) is -0.0432. The zero-order chi connectivity index (χ0) is 17.3. The molecule has 3 rings (SSSR count). The molecule has 2 aromatic rings. The lowest BCUT2D eigenvalue weighted by molar-refractivity contribution is -0.384. The predicted molar refractivity (Wildman–Crippen MR) is 93.4 cm³/mol. The zero-order valence-electron chi connectivity index (χ0n) is 13.7. The fourth-order valence-electron chi connectivity index (χ4n) is 3.12. The van der Waals surface area contributed by atoms with Gasteiger partial charge in [0.25, 0.3) is 5.69 Å². The first-order valence-corrected chi connectivity index (χ1v) is 7.86. The molecular formula is C18H19N3O3. The van der Waals surface area contributed by atoms with E-state index in [1.807, 2.05) is 38.1 Å². The molecule has 1 aliphatic rings. The van der Waals surface area contributed by atoms with Crippen molar-refractivity contribution in [3.63, 3.8) is 0 Å². The fourth-order valence-corrected chi connectivity index (χ4v) is 3.12. The number of carbonyl (C=O) groups excluding carboxylic acids is 1. The van der Waals surface area contributed by atoms with E-state index in [9.17, 15) is 14.9 Å². The second-order valence-corrected chi connectivity index (χ2v) is 6.06. The van der Waals surface area contributed by atoms with Crippen molar-refractivity contribution < 1.29 is 9.72 Å². The second kappa shape index (κ2) is 6.31. The molecule has 24 heavy (non-hydrogen) atoms. The number of nitro groups is 1. The van der Waals surface area contributed by atoms with Crippen LogP contribution in [0.5, 0.6) is 0 Å². The summed E-state index contributed by atoms with van der Waals surface area (Å²) in [4.78, 5) is 24.9. The molecule has 0 bridgehead atoms. The highest BCUT2D eigenvalue weighted by Crippen LogP contribution is 2.32. The summed E-state index contributed by atoms with van der Waals surface area (Å²) in [6, 6.07) is 12.6. The van der Waals surface area contributed by atoms with Crippen molar-refractivity contribution in [2.45, 2.75) is 26.3 Å². The van der Waals surface area contributed by atoms with E-state index in [-0.39, 0.29) is 24.2 Å². The Balaban J connectivity index is 1.75. The van der Waals surface area contributed by atoms with Crippen LogP contribution in [-0.2, 0) is 11.2 Å². The Kier molecular flexibility index (Phi) is 4.20. The van der Waals surface area contributed by atoms with Gasteiger partial charge in [0.15, 0.2) is 0 Å². The van der Waals surface area contributed by atoms with Crippen molar-refractivity contribution in [3.8, 4) is 0 Å². The number of amides is 1. The van der Waals surface area contributed by atoms with E-state index in [1.165, 1.54) is 17.7 Å². The normalized spacial score (nSPS) is 15.9. The average molecular weight is 325 g/mol. The van der Waals surface area contributed by atoms with E-state index in [4.69, 9.17) is 0 Å². The number of nitrogens with one attached hydrogen (secondary N) is 1. The van der Waals surface area contributed by atoms with Crippen LogP contribution in [0, 0.1) is 17.0 Å². The Morgan fingerprint density at radius 1 is 1.33 bits per heavy atom. The summed E-state index contributed by atoms with van der Waals surface area (Å²) in [7, 11) is 0. The smallest absolute Gasteiger partial charge is 0.271 e. The third-order valence-electron chi connectivity index (χ3n) is 4.34. The fraction of sp³-hybridized carbons (Fsp3) is 0.278. The van der Waals surface area contributed by atoms with Gasteiger partial charge in [-0.3, -0.25) is 14.9 Å². The zero-order valence-corrected chi connectivity index (χ0v) is 13.7. The molecule has 0 aromatic heterocycles. The van der Waals surface area contributed by atoms with E-state index in [0.29, 0.717) is 5.69 Å². The summed E-state index contributed by atoms with van der Waals surface area (Å²) in [6.07, 6.45) is 0.845. The molecule has 0 radical (unpaired) electrons. The first kappa shape index (κ1) is 16.0. The van der Waals surface area contributed by atoms with Crippen LogP contribution in [0.15, 0.2) is 42.5 Å². The van der Waals surface area contributed by atoms with Gasteiger partial charge in [-0.2, -0.15) is 0 Å². The van der Waals surface area contributed by atoms with Gasteiger partial charge in [0.2, 0.25) is 5.91 Å². The Morgan fingerprint density at radius 3 is 2.83 bits per heavy atom. The van der Waals surface area contributed by atoms with Gasteiger partial charge >= 0.3 is 0 Å². The Hall–Kier alpha value is -2.89. The number of non-ortho nitro benzene ring substituents is 1. The maximum absolute atomic E-state index is 12.7. The number of aryl methyl sites for hydroxylation is 1. The van der Waals surface area contributed by atoms with Gasteiger partial charge in [0.05, 0.1) is 11.5 Å². The average Bonchev–Trinajstić information content (AvgIpc) is 2.89. The molecule has 0 spiro atoms. The Labute approximate surface area is 140 Å². The van der Waals surface area contributed by atoms with Crippen LogP contribution in [0.3, 0.4) is 0 Å². The minimum atomic E-state index is -0.439. The van der Waals surface area contributed by atoms with Crippen molar-refractivity contribution in [3.05, 3.63) is 63.7 Å². The Bertz CT molecular complexity index is 804. The van der Waals surface area contributed by atoms with Crippen LogP contribution in [0.4, 0.5) is 17.1 Å². The number of anilines is 2. The second-order valence-electron chi connectivity index (χ2n) is 6.06. The minimum absolute atomic E-state index is 0.00966. The number of hydrogen-bond acceptors (Lipinski definition) is 4. The lowest BCUT2D eigenvalue weighted by Gasteiger charge is -2.23. The monoisotopic (exact) mass is 325 g/mol. The van der Waals surface area contributed by atoms with Gasteiger partial charge < -0.3 is 10.2 Å². The maximum Gasteiger partial charge on any atom is 0.271 e. The number of benzene rings is 2. The van der Waals surface area contributed by atoms with Crippen molar-refractivity contribution in [1.82, 2.24) is 0 Å². The molecule has 2 aromatic carbocycles. The number of nitrogens with zero attached hydrogens (tertiary/aromatic N) is 2. The van der Waals surface area contributed by atoms with Gasteiger partial charge in [0, 0.05) is 29.5 Å². The molecule has 1 aliphatic heterocycles. The largest absolute Gasteiger partial charge is 0.376 e. The first-order chi connectivity index (χ1) is 11.5. The van der Waals surface area contributed by atoms with Crippen molar-refractivity contribution in [1.29, 1.82) is 0 Å². The quantitative estimate of drug-likeness (QED) is 0.691. The van der Waals surface area contributed by atoms with E-state index in [1.54, 1.807) is 11.0 Å². The minimum Gasteiger partial charge on any atom is -0.376 e. The van der Waals surface area contributed by atoms with Crippen molar-refractivity contribution >= 4 is 23.0 Å². The van der Waals surface area contributed by atoms with Gasteiger partial charge in [0.1, 0.15) is 0 Å². The molecule has 0 aliphatic carbocycles. The third-order valence-corrected chi connectivity index (χ3v) is 4.34. The van der Waals surface area contributed by atoms with E-state index in [0.717, 1.165) is 17.7 Å². The summed E-state index contributed by atoms with van der Waals surface area (Å²) >= 11 is 0. The van der Waals surface area contributed by atoms with Gasteiger partial charge in [-0.1, -0.05) is 24.3 Å². The summed E-state index contributed by atoms with van der Waals surface area (Å²) < 4.78 is 0. The predicted octanol–water partition coefficient (Wildman–Crippen LogP) is 3.29. The number of carbonyl (C=O) groups is 1. The molecule has 6 nitrogen and oxygen atoms in total. The molecule has 124 valence electrons. The van der Waals surface area contributed by atoms with E-state index < -0.39 is 4.92 Å². The molecule has 0 unspecified atom stereocenters. The lowest BCUT2D eigenvalue weighted by Crippen LogP contribution is -2.39. The number of para-hydroxylation sites is 1. The number of fused-ring (bicyclic) bond motifs is 1. The molecular weight excluding hydrogens is 306 g/mol. The van der Waals surface area contributed by atoms with Crippen LogP contribution in [0.1, 0.15) is 18.1 Å². The van der Waals surface area contributed by atoms with Crippen LogP contribution < -0.4 is 10.2 Å². The lowest BCUT2D eigenvalue weighted by atomic mass is 10.1. The molecule has 1 N–H and O–H groups in total. The third kappa shape index (κ3) is 2.95. The summed E-state index contributed by atoms with van der Waals surface area (Å²) in [6.45, 7) is 3.97. The highest BCUT2D eigenvalue weighted by atomic mass is 16.6. The van der Waals surface area contributed by atoms with Crippen LogP contribution in [0.2, 0.25) is 0 Å². The molecule has 6 heteroatoms. The highest BCUT2D eigenvalue weighted by Gasteiger charge is 2.30. The van der Waals surface area contributed by atoms with Crippen LogP contribution >= 0.6 is 0 Å². The molecule has 1 amide bonds. The van der Waals surface area contributed by atoms with Crippen molar-refractivity contribution in [2.75, 3.05) is 16.8 Å². The number of rotatable bonds is 4. The van der Waals surface area contributed by atoms with Crippen molar-refractivity contribution in [2.24, 2.45) is 0 Å². The molecule has 1 heterocycles. The molecule has 0 saturated carbocycles. The SMILES string of the molecule is Cc1ccc([N+](=O)[O-])cc1NCC(=O)N1c2ccccc2C[C@@H]1C. The summed E-state index contributed by atoms with van der Waals surface area (Å²) in [5, 5.41) is 13.9. The van der Waals surface area contributed by atoms with Gasteiger partial charge in [-0.05, 0) is 37.5 Å². The topological polar surface area (TPSA) is 75.5 Å².